The molecule has 0 bridgehead atoms. The smallest absolute Gasteiger partial charge is 0.0677 e. The monoisotopic (exact) mass is 515 g/mol. The fourth-order valence-electron chi connectivity index (χ4n) is 6.80. The van der Waals surface area contributed by atoms with Crippen LogP contribution in [0.15, 0.2) is 139 Å². The van der Waals surface area contributed by atoms with Crippen LogP contribution in [-0.2, 0) is 0 Å². The van der Waals surface area contributed by atoms with Crippen molar-refractivity contribution >= 4 is 26.1 Å². The Balaban J connectivity index is 1.40. The van der Waals surface area contributed by atoms with Crippen LogP contribution in [0.2, 0.25) is 0 Å². The molecular weight excluding hydrogens is 485 g/mol. The van der Waals surface area contributed by atoms with Gasteiger partial charge < -0.3 is 0 Å². The lowest BCUT2D eigenvalue weighted by molar-refractivity contribution is 1.02. The van der Waals surface area contributed by atoms with Gasteiger partial charge in [-0.25, -0.2) is 0 Å². The molecule has 5 aromatic rings. The van der Waals surface area contributed by atoms with Gasteiger partial charge in [-0.1, -0.05) is 156 Å². The maximum atomic E-state index is 2.48. The van der Waals surface area contributed by atoms with Crippen molar-refractivity contribution in [1.29, 1.82) is 0 Å². The van der Waals surface area contributed by atoms with Crippen LogP contribution in [0.3, 0.4) is 0 Å². The van der Waals surface area contributed by atoms with E-state index < -0.39 is 8.80 Å². The normalized spacial score (nSPS) is 17.5. The molecule has 0 nitrogen and oxygen atoms in total. The summed E-state index contributed by atoms with van der Waals surface area (Å²) in [6.07, 6.45) is 4.95. The van der Waals surface area contributed by atoms with Crippen LogP contribution >= 0.6 is 0 Å². The molecule has 39 heavy (non-hydrogen) atoms. The zero-order chi connectivity index (χ0) is 26.3. The topological polar surface area (TPSA) is 0 Å². The fraction of sp³-hybridized carbons (Fsp3) is 0.105. The quantitative estimate of drug-likeness (QED) is 0.205. The summed E-state index contributed by atoms with van der Waals surface area (Å²) in [5.41, 5.74) is 14.9. The van der Waals surface area contributed by atoms with Crippen LogP contribution in [0.5, 0.6) is 0 Å². The Morgan fingerprint density at radius 3 is 1.28 bits per heavy atom. The third-order valence-corrected chi connectivity index (χ3v) is 12.2. The van der Waals surface area contributed by atoms with E-state index in [1.807, 2.05) is 0 Å². The van der Waals surface area contributed by atoms with Crippen molar-refractivity contribution in [2.24, 2.45) is 0 Å². The predicted octanol–water partition coefficient (Wildman–Crippen LogP) is 9.20. The first-order chi connectivity index (χ1) is 19.2. The maximum absolute atomic E-state index is 2.48. The average molecular weight is 516 g/mol. The Hall–Kier alpha value is -4.20. The summed E-state index contributed by atoms with van der Waals surface area (Å²) in [7, 11) is -1.13. The van der Waals surface area contributed by atoms with E-state index in [1.54, 1.807) is 0 Å². The van der Waals surface area contributed by atoms with E-state index in [0.29, 0.717) is 11.1 Å². The van der Waals surface area contributed by atoms with Gasteiger partial charge in [-0.2, -0.15) is 0 Å². The second-order valence-electron chi connectivity index (χ2n) is 10.8. The molecule has 2 atom stereocenters. The van der Waals surface area contributed by atoms with Gasteiger partial charge in [0.05, 0.1) is 0 Å². The molecule has 187 valence electrons. The molecule has 0 aromatic heterocycles. The first-order valence-corrected chi connectivity index (χ1v) is 15.5. The van der Waals surface area contributed by atoms with Crippen LogP contribution in [0.1, 0.15) is 47.2 Å². The summed E-state index contributed by atoms with van der Waals surface area (Å²) in [5, 5.41) is 1.51. The van der Waals surface area contributed by atoms with Crippen LogP contribution in [-0.4, -0.2) is 8.80 Å². The van der Waals surface area contributed by atoms with E-state index in [-0.39, 0.29) is 0 Å². The third-order valence-electron chi connectivity index (χ3n) is 8.46. The van der Waals surface area contributed by atoms with Crippen molar-refractivity contribution in [2.45, 2.75) is 24.9 Å². The second-order valence-corrected chi connectivity index (χ2v) is 13.5. The number of hydrogen-bond acceptors (Lipinski definition) is 0. The Morgan fingerprint density at radius 1 is 0.436 bits per heavy atom. The highest BCUT2D eigenvalue weighted by atomic mass is 28.3. The lowest BCUT2D eigenvalue weighted by Gasteiger charge is -2.32. The molecule has 0 N–H and O–H groups in total. The molecule has 0 spiro atoms. The zero-order valence-electron chi connectivity index (χ0n) is 22.4. The van der Waals surface area contributed by atoms with Gasteiger partial charge in [-0.3, -0.25) is 0 Å². The molecule has 0 fully saturated rings. The van der Waals surface area contributed by atoms with Gasteiger partial charge in [0, 0.05) is 11.1 Å². The van der Waals surface area contributed by atoms with Gasteiger partial charge in [-0.05, 0) is 58.4 Å². The summed E-state index contributed by atoms with van der Waals surface area (Å²) in [6.45, 7) is 4.73. The van der Waals surface area contributed by atoms with E-state index >= 15 is 0 Å². The van der Waals surface area contributed by atoms with Crippen molar-refractivity contribution in [2.75, 3.05) is 0 Å². The van der Waals surface area contributed by atoms with E-state index in [0.717, 1.165) is 0 Å². The summed E-state index contributed by atoms with van der Waals surface area (Å²) >= 11 is 0. The van der Waals surface area contributed by atoms with Crippen molar-refractivity contribution in [1.82, 2.24) is 0 Å². The maximum Gasteiger partial charge on any atom is 0.110 e. The van der Waals surface area contributed by atoms with Crippen LogP contribution < -0.4 is 5.19 Å². The molecule has 0 heterocycles. The summed E-state index contributed by atoms with van der Waals surface area (Å²) in [6, 6.07) is 47.0. The van der Waals surface area contributed by atoms with Crippen molar-refractivity contribution in [3.05, 3.63) is 161 Å². The minimum atomic E-state index is -1.13. The van der Waals surface area contributed by atoms with E-state index in [1.165, 1.54) is 60.8 Å². The molecule has 1 heteroatoms. The van der Waals surface area contributed by atoms with Crippen LogP contribution in [0.25, 0.3) is 34.4 Å². The number of hydrogen-bond donors (Lipinski definition) is 0. The number of allylic oxidation sites excluding steroid dienone is 2. The van der Waals surface area contributed by atoms with Crippen molar-refractivity contribution < 1.29 is 0 Å². The Kier molecular flexibility index (Phi) is 6.02. The molecule has 2 unspecified atom stereocenters. The summed E-state index contributed by atoms with van der Waals surface area (Å²) < 4.78 is 0. The van der Waals surface area contributed by atoms with Gasteiger partial charge in [0.25, 0.3) is 0 Å². The largest absolute Gasteiger partial charge is 0.110 e. The van der Waals surface area contributed by atoms with Gasteiger partial charge in [0.1, 0.15) is 8.80 Å². The highest BCUT2D eigenvalue weighted by Crippen LogP contribution is 2.49. The number of fused-ring (bicyclic) bond motifs is 2. The Bertz CT molecular complexity index is 1600. The third kappa shape index (κ3) is 4.05. The van der Waals surface area contributed by atoms with Gasteiger partial charge in [-0.15, -0.1) is 0 Å². The highest BCUT2D eigenvalue weighted by Gasteiger charge is 2.42. The summed E-state index contributed by atoms with van der Waals surface area (Å²) in [4.78, 5) is 0. The first-order valence-electron chi connectivity index (χ1n) is 13.9. The molecular formula is C38H31Si. The molecule has 0 saturated heterocycles. The minimum Gasteiger partial charge on any atom is -0.0677 e. The molecule has 7 rings (SSSR count). The van der Waals surface area contributed by atoms with Gasteiger partial charge >= 0.3 is 0 Å². The molecule has 0 amide bonds. The number of rotatable bonds is 5. The van der Waals surface area contributed by atoms with E-state index in [2.05, 4.69) is 153 Å². The molecule has 1 radical (unpaired) electrons. The van der Waals surface area contributed by atoms with Gasteiger partial charge in [0.2, 0.25) is 0 Å². The highest BCUT2D eigenvalue weighted by molar-refractivity contribution is 6.77. The molecule has 0 saturated carbocycles. The standard InChI is InChI=1S/C38H31Si/c1-26-24-35-31(28-14-6-3-7-15-28)20-12-22-33(35)37(26)39(30-18-10-5-11-19-30)38-27(2)25-36-32(21-13-23-34(36)38)29-16-8-4-9-17-29/h3-25,37-38H,1-2H3. The van der Waals surface area contributed by atoms with Crippen molar-refractivity contribution in [3.8, 4) is 22.3 Å². The predicted molar refractivity (Wildman–Crippen MR) is 168 cm³/mol. The Labute approximate surface area is 233 Å². The lowest BCUT2D eigenvalue weighted by Crippen LogP contribution is -2.43. The van der Waals surface area contributed by atoms with Crippen LogP contribution in [0, 0.1) is 0 Å². The zero-order valence-corrected chi connectivity index (χ0v) is 23.4. The molecule has 0 aliphatic heterocycles. The number of benzene rings is 5. The van der Waals surface area contributed by atoms with E-state index in [9.17, 15) is 0 Å². The fourth-order valence-corrected chi connectivity index (χ4v) is 10.7. The Morgan fingerprint density at radius 2 is 0.846 bits per heavy atom. The molecule has 5 aromatic carbocycles. The molecule has 2 aliphatic carbocycles. The summed E-state index contributed by atoms with van der Waals surface area (Å²) in [5.74, 6) is 0. The SMILES string of the molecule is CC1=Cc2c(-c3ccccc3)cccc2C1[Si](c1ccccc1)C1C(C)=Cc2c(-c3ccccc3)cccc21. The first kappa shape index (κ1) is 23.9. The van der Waals surface area contributed by atoms with E-state index in [4.69, 9.17) is 0 Å². The second kappa shape index (κ2) is 9.84. The minimum absolute atomic E-state index is 0.413. The van der Waals surface area contributed by atoms with Gasteiger partial charge in [0.15, 0.2) is 0 Å². The van der Waals surface area contributed by atoms with Crippen LogP contribution in [0.4, 0.5) is 0 Å². The molecule has 2 aliphatic rings. The lowest BCUT2D eigenvalue weighted by atomic mass is 9.97. The van der Waals surface area contributed by atoms with Crippen molar-refractivity contribution in [3.63, 3.8) is 0 Å². The average Bonchev–Trinajstić information content (AvgIpc) is 3.50.